The van der Waals surface area contributed by atoms with Gasteiger partial charge < -0.3 is 5.32 Å². The lowest BCUT2D eigenvalue weighted by molar-refractivity contribution is 0.100. The third-order valence-electron chi connectivity index (χ3n) is 2.97. The van der Waals surface area contributed by atoms with E-state index in [1.54, 1.807) is 12.1 Å². The van der Waals surface area contributed by atoms with Crippen molar-refractivity contribution in [2.75, 3.05) is 5.32 Å². The third-order valence-corrected chi connectivity index (χ3v) is 3.98. The molecule has 0 fully saturated rings. The highest BCUT2D eigenvalue weighted by molar-refractivity contribution is 7.15. The molecule has 0 saturated carbocycles. The number of nitrogens with one attached hydrogen (secondary N) is 1. The van der Waals surface area contributed by atoms with E-state index in [0.717, 1.165) is 11.3 Å². The Hall–Kier alpha value is -2.60. The number of thiophene rings is 1. The minimum absolute atomic E-state index is 0.196. The number of aldehydes is 1. The van der Waals surface area contributed by atoms with Crippen LogP contribution in [0, 0.1) is 0 Å². The van der Waals surface area contributed by atoms with Crippen LogP contribution in [0.15, 0.2) is 30.3 Å². The van der Waals surface area contributed by atoms with E-state index in [-0.39, 0.29) is 11.6 Å². The van der Waals surface area contributed by atoms with E-state index < -0.39 is 5.91 Å². The Bertz CT molecular complexity index is 744. The summed E-state index contributed by atoms with van der Waals surface area (Å²) < 4.78 is 0. The largest absolute Gasteiger partial charge is 0.321 e. The van der Waals surface area contributed by atoms with Gasteiger partial charge in [0.05, 0.1) is 9.75 Å². The van der Waals surface area contributed by atoms with Crippen molar-refractivity contribution in [2.45, 2.75) is 13.8 Å². The van der Waals surface area contributed by atoms with Crippen molar-refractivity contribution in [3.05, 3.63) is 51.2 Å². The molecule has 0 unspecified atom stereocenters. The maximum Gasteiger partial charge on any atom is 0.265 e. The second kappa shape index (κ2) is 6.44. The SMILES string of the molecule is CC(=O)c1cc(NC(=O)c2ccc(C=O)s2)cc(C(C)=O)c1. The summed E-state index contributed by atoms with van der Waals surface area (Å²) in [5.41, 5.74) is 1.06. The number of ketones is 2. The topological polar surface area (TPSA) is 80.3 Å². The number of hydrogen-bond acceptors (Lipinski definition) is 5. The molecule has 112 valence electrons. The van der Waals surface area contributed by atoms with Crippen LogP contribution in [0.4, 0.5) is 5.69 Å². The van der Waals surface area contributed by atoms with E-state index in [9.17, 15) is 19.2 Å². The van der Waals surface area contributed by atoms with Crippen LogP contribution in [0.2, 0.25) is 0 Å². The van der Waals surface area contributed by atoms with Gasteiger partial charge in [0.2, 0.25) is 0 Å². The summed E-state index contributed by atoms with van der Waals surface area (Å²) in [7, 11) is 0. The quantitative estimate of drug-likeness (QED) is 0.678. The smallest absolute Gasteiger partial charge is 0.265 e. The average molecular weight is 315 g/mol. The fourth-order valence-corrected chi connectivity index (χ4v) is 2.56. The van der Waals surface area contributed by atoms with Gasteiger partial charge in [-0.1, -0.05) is 0 Å². The number of amides is 1. The number of Topliss-reactive ketones (excluding diaryl/α,β-unsaturated/α-hetero) is 2. The van der Waals surface area contributed by atoms with Crippen LogP contribution in [0.1, 0.15) is 53.9 Å². The number of rotatable bonds is 5. The summed E-state index contributed by atoms with van der Waals surface area (Å²) >= 11 is 1.07. The zero-order chi connectivity index (χ0) is 16.3. The van der Waals surface area contributed by atoms with Gasteiger partial charge in [0.1, 0.15) is 0 Å². The predicted octanol–water partition coefficient (Wildman–Crippen LogP) is 3.22. The predicted molar refractivity (Wildman–Crippen MR) is 84.1 cm³/mol. The molecular weight excluding hydrogens is 302 g/mol. The van der Waals surface area contributed by atoms with Crippen molar-refractivity contribution in [2.24, 2.45) is 0 Å². The Kier molecular flexibility index (Phi) is 4.62. The Morgan fingerprint density at radius 2 is 1.59 bits per heavy atom. The Balaban J connectivity index is 2.31. The average Bonchev–Trinajstić information content (AvgIpc) is 2.95. The van der Waals surface area contributed by atoms with Crippen LogP contribution < -0.4 is 5.32 Å². The first-order valence-corrected chi connectivity index (χ1v) is 7.25. The molecule has 0 aliphatic heterocycles. The zero-order valence-electron chi connectivity index (χ0n) is 12.0. The number of anilines is 1. The van der Waals surface area contributed by atoms with Crippen molar-refractivity contribution >= 4 is 40.8 Å². The highest BCUT2D eigenvalue weighted by Crippen LogP contribution is 2.20. The number of benzene rings is 1. The van der Waals surface area contributed by atoms with E-state index in [2.05, 4.69) is 5.32 Å². The van der Waals surface area contributed by atoms with Crippen LogP contribution >= 0.6 is 11.3 Å². The third kappa shape index (κ3) is 3.53. The molecular formula is C16H13NO4S. The van der Waals surface area contributed by atoms with Gasteiger partial charge in [-0.15, -0.1) is 11.3 Å². The molecule has 6 heteroatoms. The van der Waals surface area contributed by atoms with Gasteiger partial charge in [-0.3, -0.25) is 19.2 Å². The van der Waals surface area contributed by atoms with Crippen LogP contribution in [-0.4, -0.2) is 23.8 Å². The highest BCUT2D eigenvalue weighted by Gasteiger charge is 2.12. The summed E-state index contributed by atoms with van der Waals surface area (Å²) in [6.45, 7) is 2.78. The molecule has 5 nitrogen and oxygen atoms in total. The lowest BCUT2D eigenvalue weighted by atomic mass is 10.0. The molecule has 22 heavy (non-hydrogen) atoms. The molecule has 1 amide bonds. The van der Waals surface area contributed by atoms with E-state index in [1.807, 2.05) is 0 Å². The second-order valence-corrected chi connectivity index (χ2v) is 5.80. The molecule has 2 rings (SSSR count). The van der Waals surface area contributed by atoms with Crippen LogP contribution in [0.3, 0.4) is 0 Å². The molecule has 0 spiro atoms. The lowest BCUT2D eigenvalue weighted by Crippen LogP contribution is -2.11. The van der Waals surface area contributed by atoms with Gasteiger partial charge in [0.15, 0.2) is 17.9 Å². The molecule has 0 aliphatic carbocycles. The van der Waals surface area contributed by atoms with E-state index in [0.29, 0.717) is 32.9 Å². The Labute approximate surface area is 131 Å². The fourth-order valence-electron chi connectivity index (χ4n) is 1.84. The van der Waals surface area contributed by atoms with Crippen molar-refractivity contribution in [3.8, 4) is 0 Å². The van der Waals surface area contributed by atoms with Gasteiger partial charge in [0.25, 0.3) is 5.91 Å². The minimum Gasteiger partial charge on any atom is -0.321 e. The van der Waals surface area contributed by atoms with Crippen molar-refractivity contribution in [1.82, 2.24) is 0 Å². The van der Waals surface area contributed by atoms with Gasteiger partial charge in [-0.25, -0.2) is 0 Å². The van der Waals surface area contributed by atoms with Crippen molar-refractivity contribution < 1.29 is 19.2 Å². The second-order valence-electron chi connectivity index (χ2n) is 4.69. The monoisotopic (exact) mass is 315 g/mol. The van der Waals surface area contributed by atoms with Gasteiger partial charge >= 0.3 is 0 Å². The van der Waals surface area contributed by atoms with E-state index in [1.165, 1.54) is 32.0 Å². The summed E-state index contributed by atoms with van der Waals surface area (Å²) in [6.07, 6.45) is 0.672. The Morgan fingerprint density at radius 3 is 2.05 bits per heavy atom. The van der Waals surface area contributed by atoms with Crippen LogP contribution in [0.25, 0.3) is 0 Å². The van der Waals surface area contributed by atoms with E-state index in [4.69, 9.17) is 0 Å². The molecule has 1 aromatic heterocycles. The standard InChI is InChI=1S/C16H13NO4S/c1-9(19)11-5-12(10(2)20)7-13(6-11)17-16(21)15-4-3-14(8-18)22-15/h3-8H,1-2H3,(H,17,21). The van der Waals surface area contributed by atoms with Gasteiger partial charge in [0, 0.05) is 16.8 Å². The first-order valence-electron chi connectivity index (χ1n) is 6.44. The molecule has 0 bridgehead atoms. The van der Waals surface area contributed by atoms with E-state index >= 15 is 0 Å². The Morgan fingerprint density at radius 1 is 1.00 bits per heavy atom. The summed E-state index contributed by atoms with van der Waals surface area (Å²) in [6, 6.07) is 7.63. The summed E-state index contributed by atoms with van der Waals surface area (Å²) in [5.74, 6) is -0.788. The first kappa shape index (κ1) is 15.8. The molecule has 1 aromatic carbocycles. The molecule has 1 N–H and O–H groups in total. The maximum atomic E-state index is 12.1. The number of carbonyl (C=O) groups excluding carboxylic acids is 4. The highest BCUT2D eigenvalue weighted by atomic mass is 32.1. The molecule has 0 saturated heterocycles. The molecule has 0 radical (unpaired) electrons. The molecule has 2 aromatic rings. The molecule has 0 aliphatic rings. The number of hydrogen-bond donors (Lipinski definition) is 1. The van der Waals surface area contributed by atoms with Crippen molar-refractivity contribution in [3.63, 3.8) is 0 Å². The lowest BCUT2D eigenvalue weighted by Gasteiger charge is -2.08. The molecule has 0 atom stereocenters. The van der Waals surface area contributed by atoms with Gasteiger partial charge in [-0.05, 0) is 44.2 Å². The summed E-state index contributed by atoms with van der Waals surface area (Å²) in [5, 5.41) is 2.64. The van der Waals surface area contributed by atoms with Crippen molar-refractivity contribution in [1.29, 1.82) is 0 Å². The summed E-state index contributed by atoms with van der Waals surface area (Å²) in [4.78, 5) is 46.6. The molecule has 1 heterocycles. The minimum atomic E-state index is -0.395. The maximum absolute atomic E-state index is 12.1. The van der Waals surface area contributed by atoms with Crippen LogP contribution in [-0.2, 0) is 0 Å². The van der Waals surface area contributed by atoms with Gasteiger partial charge in [-0.2, -0.15) is 0 Å². The van der Waals surface area contributed by atoms with Crippen LogP contribution in [0.5, 0.6) is 0 Å². The fraction of sp³-hybridized carbons (Fsp3) is 0.125. The first-order chi connectivity index (χ1) is 10.4. The number of carbonyl (C=O) groups is 4. The normalized spacial score (nSPS) is 10.1. The zero-order valence-corrected chi connectivity index (χ0v) is 12.8.